The molecule has 0 saturated carbocycles. The first-order chi connectivity index (χ1) is 11.7. The van der Waals surface area contributed by atoms with E-state index in [1.54, 1.807) is 30.3 Å². The van der Waals surface area contributed by atoms with E-state index in [1.807, 2.05) is 30.3 Å². The second kappa shape index (κ2) is 7.02. The van der Waals surface area contributed by atoms with Crippen LogP contribution < -0.4 is 10.9 Å². The highest BCUT2D eigenvalue weighted by Gasteiger charge is 2.18. The first kappa shape index (κ1) is 15.8. The van der Waals surface area contributed by atoms with Crippen LogP contribution in [0.2, 0.25) is 5.02 Å². The van der Waals surface area contributed by atoms with Gasteiger partial charge in [0, 0.05) is 5.56 Å². The second-order valence-corrected chi connectivity index (χ2v) is 5.32. The van der Waals surface area contributed by atoms with Crippen LogP contribution in [-0.4, -0.2) is 11.8 Å². The van der Waals surface area contributed by atoms with Gasteiger partial charge in [-0.25, -0.2) is 0 Å². The molecule has 24 heavy (non-hydrogen) atoms. The first-order valence-corrected chi connectivity index (χ1v) is 7.53. The van der Waals surface area contributed by atoms with Crippen LogP contribution >= 0.6 is 11.6 Å². The average Bonchev–Trinajstić information content (AvgIpc) is 3.10. The fraction of sp³-hybridized carbons (Fsp3) is 0. The van der Waals surface area contributed by atoms with E-state index in [0.717, 1.165) is 5.56 Å². The van der Waals surface area contributed by atoms with Gasteiger partial charge < -0.3 is 4.42 Å². The number of amides is 2. The summed E-state index contributed by atoms with van der Waals surface area (Å²) in [6.07, 6.45) is 1.42. The van der Waals surface area contributed by atoms with Gasteiger partial charge in [0.2, 0.25) is 5.76 Å². The Morgan fingerprint density at radius 1 is 0.833 bits per heavy atom. The molecule has 0 fully saturated rings. The number of hydrazine groups is 1. The predicted octanol–water partition coefficient (Wildman–Crippen LogP) is 3.67. The van der Waals surface area contributed by atoms with Gasteiger partial charge in [-0.1, -0.05) is 54.1 Å². The van der Waals surface area contributed by atoms with E-state index in [4.69, 9.17) is 16.0 Å². The normalized spacial score (nSPS) is 10.2. The molecular formula is C18H13ClN2O3. The van der Waals surface area contributed by atoms with Gasteiger partial charge in [-0.15, -0.1) is 0 Å². The highest BCUT2D eigenvalue weighted by atomic mass is 35.5. The lowest BCUT2D eigenvalue weighted by Gasteiger charge is -2.08. The van der Waals surface area contributed by atoms with E-state index in [1.165, 1.54) is 6.26 Å². The molecule has 6 heteroatoms. The third-order valence-corrected chi connectivity index (χ3v) is 3.69. The molecule has 0 atom stereocenters. The van der Waals surface area contributed by atoms with Gasteiger partial charge in [0.15, 0.2) is 0 Å². The lowest BCUT2D eigenvalue weighted by Crippen LogP contribution is -2.41. The number of nitrogens with one attached hydrogen (secondary N) is 2. The Morgan fingerprint density at radius 3 is 2.25 bits per heavy atom. The van der Waals surface area contributed by atoms with E-state index in [0.29, 0.717) is 10.6 Å². The lowest BCUT2D eigenvalue weighted by molar-refractivity contribution is 0.0831. The number of hydrogen-bond donors (Lipinski definition) is 2. The summed E-state index contributed by atoms with van der Waals surface area (Å²) in [7, 11) is 0. The van der Waals surface area contributed by atoms with Crippen LogP contribution in [0.1, 0.15) is 20.9 Å². The van der Waals surface area contributed by atoms with E-state index >= 15 is 0 Å². The van der Waals surface area contributed by atoms with Crippen molar-refractivity contribution in [3.63, 3.8) is 0 Å². The summed E-state index contributed by atoms with van der Waals surface area (Å²) >= 11 is 5.95. The van der Waals surface area contributed by atoms with Crippen LogP contribution in [0.4, 0.5) is 0 Å². The molecule has 0 aliphatic rings. The fourth-order valence-electron chi connectivity index (χ4n) is 2.21. The van der Waals surface area contributed by atoms with Crippen LogP contribution in [0.3, 0.4) is 0 Å². The molecule has 0 bridgehead atoms. The Morgan fingerprint density at radius 2 is 1.50 bits per heavy atom. The number of halogens is 1. The van der Waals surface area contributed by atoms with Crippen LogP contribution in [0.15, 0.2) is 71.3 Å². The van der Waals surface area contributed by atoms with Gasteiger partial charge in [0.25, 0.3) is 5.91 Å². The zero-order valence-electron chi connectivity index (χ0n) is 12.5. The molecule has 3 aromatic rings. The number of furan rings is 1. The summed E-state index contributed by atoms with van der Waals surface area (Å²) in [6, 6.07) is 17.6. The summed E-state index contributed by atoms with van der Waals surface area (Å²) in [5, 5.41) is 0.298. The topological polar surface area (TPSA) is 71.3 Å². The van der Waals surface area contributed by atoms with Crippen molar-refractivity contribution in [3.8, 4) is 11.1 Å². The zero-order chi connectivity index (χ0) is 16.9. The van der Waals surface area contributed by atoms with Gasteiger partial charge in [-0.2, -0.15) is 0 Å². The van der Waals surface area contributed by atoms with Crippen molar-refractivity contribution in [3.05, 3.63) is 83.3 Å². The summed E-state index contributed by atoms with van der Waals surface area (Å²) in [4.78, 5) is 24.3. The molecule has 0 radical (unpaired) electrons. The van der Waals surface area contributed by atoms with E-state index in [-0.39, 0.29) is 11.3 Å². The van der Waals surface area contributed by atoms with Crippen molar-refractivity contribution >= 4 is 23.4 Å². The highest BCUT2D eigenvalue weighted by Crippen LogP contribution is 2.24. The fourth-order valence-corrected chi connectivity index (χ4v) is 2.43. The average molecular weight is 341 g/mol. The maximum Gasteiger partial charge on any atom is 0.306 e. The first-order valence-electron chi connectivity index (χ1n) is 7.15. The van der Waals surface area contributed by atoms with Gasteiger partial charge >= 0.3 is 5.91 Å². The van der Waals surface area contributed by atoms with E-state index in [2.05, 4.69) is 10.9 Å². The monoisotopic (exact) mass is 340 g/mol. The van der Waals surface area contributed by atoms with Crippen LogP contribution in [-0.2, 0) is 0 Å². The minimum atomic E-state index is -0.556. The van der Waals surface area contributed by atoms with E-state index in [9.17, 15) is 9.59 Å². The number of hydrogen-bond acceptors (Lipinski definition) is 3. The minimum Gasteiger partial charge on any atom is -0.458 e. The zero-order valence-corrected chi connectivity index (χ0v) is 13.2. The van der Waals surface area contributed by atoms with Crippen molar-refractivity contribution in [2.75, 3.05) is 0 Å². The van der Waals surface area contributed by atoms with Gasteiger partial charge in [-0.05, 0) is 23.8 Å². The summed E-state index contributed by atoms with van der Waals surface area (Å²) in [5.41, 5.74) is 6.40. The maximum atomic E-state index is 12.3. The van der Waals surface area contributed by atoms with Crippen molar-refractivity contribution < 1.29 is 14.0 Å². The minimum absolute atomic E-state index is 0.112. The van der Waals surface area contributed by atoms with Crippen molar-refractivity contribution in [2.24, 2.45) is 0 Å². The largest absolute Gasteiger partial charge is 0.458 e. The molecule has 0 spiro atoms. The Kier molecular flexibility index (Phi) is 4.63. The number of carbonyl (C=O) groups excluding carboxylic acids is 2. The van der Waals surface area contributed by atoms with Crippen molar-refractivity contribution in [1.29, 1.82) is 0 Å². The van der Waals surface area contributed by atoms with Crippen molar-refractivity contribution in [2.45, 2.75) is 0 Å². The van der Waals surface area contributed by atoms with Crippen LogP contribution in [0.25, 0.3) is 11.1 Å². The summed E-state index contributed by atoms with van der Waals surface area (Å²) in [5.74, 6) is -0.957. The SMILES string of the molecule is O=C(NNC(=O)c1occc1-c1ccccc1)c1ccccc1Cl. The second-order valence-electron chi connectivity index (χ2n) is 4.92. The van der Waals surface area contributed by atoms with Crippen LogP contribution in [0.5, 0.6) is 0 Å². The van der Waals surface area contributed by atoms with E-state index < -0.39 is 11.8 Å². The number of rotatable bonds is 3. The van der Waals surface area contributed by atoms with Gasteiger partial charge in [-0.3, -0.25) is 20.4 Å². The Hall–Kier alpha value is -3.05. The molecule has 2 amide bonds. The summed E-state index contributed by atoms with van der Waals surface area (Å²) in [6.45, 7) is 0. The predicted molar refractivity (Wildman–Crippen MR) is 90.5 cm³/mol. The smallest absolute Gasteiger partial charge is 0.306 e. The van der Waals surface area contributed by atoms with Crippen LogP contribution in [0, 0.1) is 0 Å². The third-order valence-electron chi connectivity index (χ3n) is 3.36. The molecule has 120 valence electrons. The lowest BCUT2D eigenvalue weighted by atomic mass is 10.1. The third kappa shape index (κ3) is 3.31. The molecule has 1 aromatic heterocycles. The molecule has 1 heterocycles. The number of benzene rings is 2. The highest BCUT2D eigenvalue weighted by molar-refractivity contribution is 6.33. The molecule has 0 saturated heterocycles. The molecule has 5 nitrogen and oxygen atoms in total. The Balaban J connectivity index is 1.72. The quantitative estimate of drug-likeness (QED) is 0.714. The van der Waals surface area contributed by atoms with Gasteiger partial charge in [0.05, 0.1) is 16.8 Å². The maximum absolute atomic E-state index is 12.3. The molecule has 0 aliphatic heterocycles. The molecule has 0 aliphatic carbocycles. The summed E-state index contributed by atoms with van der Waals surface area (Å²) < 4.78 is 5.25. The molecule has 0 unspecified atom stereocenters. The van der Waals surface area contributed by atoms with Gasteiger partial charge in [0.1, 0.15) is 0 Å². The van der Waals surface area contributed by atoms with Crippen molar-refractivity contribution in [1.82, 2.24) is 10.9 Å². The molecular weight excluding hydrogens is 328 g/mol. The standard InChI is InChI=1S/C18H13ClN2O3/c19-15-9-5-4-8-14(15)17(22)20-21-18(23)16-13(10-11-24-16)12-6-2-1-3-7-12/h1-11H,(H,20,22)(H,21,23). The Labute approximate surface area is 143 Å². The molecule has 2 aromatic carbocycles. The number of carbonyl (C=O) groups is 2. The molecule has 2 N–H and O–H groups in total. The molecule has 3 rings (SSSR count). The Bertz CT molecular complexity index is 875.